The van der Waals surface area contributed by atoms with E-state index in [1.54, 1.807) is 0 Å². The largest absolute Gasteiger partial charge is 0.371 e. The SMILES string of the molecule is C=CC1CCN(c2ccccc2)C1. The fraction of sp³-hybridized carbons (Fsp3) is 0.333. The smallest absolute Gasteiger partial charge is 0.0366 e. The van der Waals surface area contributed by atoms with Crippen molar-refractivity contribution in [3.8, 4) is 0 Å². The van der Waals surface area contributed by atoms with Crippen LogP contribution in [0.25, 0.3) is 0 Å². The Labute approximate surface area is 79.7 Å². The minimum Gasteiger partial charge on any atom is -0.371 e. The van der Waals surface area contributed by atoms with Crippen molar-refractivity contribution in [3.05, 3.63) is 43.0 Å². The van der Waals surface area contributed by atoms with Crippen LogP contribution in [0.3, 0.4) is 0 Å². The summed E-state index contributed by atoms with van der Waals surface area (Å²) in [6.07, 6.45) is 3.32. The molecule has 0 bridgehead atoms. The van der Waals surface area contributed by atoms with Gasteiger partial charge in [0.2, 0.25) is 0 Å². The Morgan fingerprint density at radius 3 is 2.69 bits per heavy atom. The Hall–Kier alpha value is -1.24. The van der Waals surface area contributed by atoms with Crippen LogP contribution in [-0.4, -0.2) is 13.1 Å². The summed E-state index contributed by atoms with van der Waals surface area (Å²) in [6.45, 7) is 6.14. The molecule has 1 heterocycles. The molecule has 1 fully saturated rings. The van der Waals surface area contributed by atoms with Crippen molar-refractivity contribution < 1.29 is 0 Å². The van der Waals surface area contributed by atoms with E-state index in [9.17, 15) is 0 Å². The molecule has 13 heavy (non-hydrogen) atoms. The van der Waals surface area contributed by atoms with Crippen molar-refractivity contribution in [3.63, 3.8) is 0 Å². The summed E-state index contributed by atoms with van der Waals surface area (Å²) < 4.78 is 0. The summed E-state index contributed by atoms with van der Waals surface area (Å²) in [5.74, 6) is 0.681. The fourth-order valence-corrected chi connectivity index (χ4v) is 1.85. The maximum absolute atomic E-state index is 3.84. The van der Waals surface area contributed by atoms with Gasteiger partial charge in [0.25, 0.3) is 0 Å². The van der Waals surface area contributed by atoms with E-state index >= 15 is 0 Å². The van der Waals surface area contributed by atoms with Crippen LogP contribution in [0.15, 0.2) is 43.0 Å². The third kappa shape index (κ3) is 1.74. The third-order valence-corrected chi connectivity index (χ3v) is 2.68. The molecule has 68 valence electrons. The second kappa shape index (κ2) is 3.65. The molecule has 1 aliphatic rings. The molecular formula is C12H15N. The van der Waals surface area contributed by atoms with Gasteiger partial charge in [-0.3, -0.25) is 0 Å². The highest BCUT2D eigenvalue weighted by atomic mass is 15.1. The van der Waals surface area contributed by atoms with Gasteiger partial charge in [-0.1, -0.05) is 24.3 Å². The Morgan fingerprint density at radius 1 is 1.31 bits per heavy atom. The Morgan fingerprint density at radius 2 is 2.08 bits per heavy atom. The molecule has 0 saturated carbocycles. The van der Waals surface area contributed by atoms with Crippen LogP contribution in [-0.2, 0) is 0 Å². The maximum Gasteiger partial charge on any atom is 0.0366 e. The highest BCUT2D eigenvalue weighted by Crippen LogP contribution is 2.23. The second-order valence-corrected chi connectivity index (χ2v) is 3.57. The van der Waals surface area contributed by atoms with Crippen LogP contribution in [0.1, 0.15) is 6.42 Å². The monoisotopic (exact) mass is 173 g/mol. The van der Waals surface area contributed by atoms with E-state index in [0.29, 0.717) is 5.92 Å². The Kier molecular flexibility index (Phi) is 2.35. The van der Waals surface area contributed by atoms with Gasteiger partial charge in [0.05, 0.1) is 0 Å². The molecule has 1 heteroatoms. The predicted molar refractivity (Wildman–Crippen MR) is 57.0 cm³/mol. The highest BCUT2D eigenvalue weighted by Gasteiger charge is 2.19. The minimum absolute atomic E-state index is 0.681. The molecule has 0 aliphatic carbocycles. The van der Waals surface area contributed by atoms with Crippen molar-refractivity contribution in [2.75, 3.05) is 18.0 Å². The van der Waals surface area contributed by atoms with Crippen LogP contribution >= 0.6 is 0 Å². The molecule has 1 aromatic rings. The van der Waals surface area contributed by atoms with Gasteiger partial charge in [-0.25, -0.2) is 0 Å². The van der Waals surface area contributed by atoms with E-state index in [-0.39, 0.29) is 0 Å². The lowest BCUT2D eigenvalue weighted by Gasteiger charge is -2.17. The molecule has 1 saturated heterocycles. The van der Waals surface area contributed by atoms with E-state index in [1.807, 2.05) is 0 Å². The van der Waals surface area contributed by atoms with E-state index in [0.717, 1.165) is 6.54 Å². The van der Waals surface area contributed by atoms with Crippen molar-refractivity contribution in [1.29, 1.82) is 0 Å². The molecule has 1 aliphatic heterocycles. The normalized spacial score (nSPS) is 21.8. The van der Waals surface area contributed by atoms with Crippen LogP contribution in [0.5, 0.6) is 0 Å². The number of anilines is 1. The Balaban J connectivity index is 2.08. The lowest BCUT2D eigenvalue weighted by atomic mass is 10.1. The van der Waals surface area contributed by atoms with Crippen LogP contribution < -0.4 is 4.90 Å². The maximum atomic E-state index is 3.84. The summed E-state index contributed by atoms with van der Waals surface area (Å²) in [4.78, 5) is 2.42. The van der Waals surface area contributed by atoms with Gasteiger partial charge < -0.3 is 4.90 Å². The molecule has 0 N–H and O–H groups in total. The Bertz CT molecular complexity index is 278. The first-order valence-corrected chi connectivity index (χ1v) is 4.82. The number of hydrogen-bond donors (Lipinski definition) is 0. The number of rotatable bonds is 2. The minimum atomic E-state index is 0.681. The zero-order valence-corrected chi connectivity index (χ0v) is 7.82. The van der Waals surface area contributed by atoms with Gasteiger partial charge in [0.15, 0.2) is 0 Å². The van der Waals surface area contributed by atoms with Crippen molar-refractivity contribution in [2.45, 2.75) is 6.42 Å². The van der Waals surface area contributed by atoms with E-state index in [4.69, 9.17) is 0 Å². The zero-order valence-electron chi connectivity index (χ0n) is 7.82. The molecule has 0 spiro atoms. The molecule has 1 aromatic carbocycles. The third-order valence-electron chi connectivity index (χ3n) is 2.68. The van der Waals surface area contributed by atoms with Crippen molar-refractivity contribution in [2.24, 2.45) is 5.92 Å². The lowest BCUT2D eigenvalue weighted by molar-refractivity contribution is 0.741. The summed E-state index contributed by atoms with van der Waals surface area (Å²) >= 11 is 0. The number of hydrogen-bond acceptors (Lipinski definition) is 1. The standard InChI is InChI=1S/C12H15N/c1-2-11-8-9-13(10-11)12-6-4-3-5-7-12/h2-7,11H,1,8-10H2. The van der Waals surface area contributed by atoms with Gasteiger partial charge in [-0.05, 0) is 24.5 Å². The molecule has 0 aromatic heterocycles. The summed E-state index contributed by atoms with van der Waals surface area (Å²) in [6, 6.07) is 10.6. The van der Waals surface area contributed by atoms with Gasteiger partial charge in [0.1, 0.15) is 0 Å². The quantitative estimate of drug-likeness (QED) is 0.621. The van der Waals surface area contributed by atoms with Crippen molar-refractivity contribution >= 4 is 5.69 Å². The summed E-state index contributed by atoms with van der Waals surface area (Å²) in [5, 5.41) is 0. The van der Waals surface area contributed by atoms with E-state index < -0.39 is 0 Å². The number of benzene rings is 1. The average molecular weight is 173 g/mol. The first kappa shape index (κ1) is 8.36. The molecule has 1 nitrogen and oxygen atoms in total. The van der Waals surface area contributed by atoms with Gasteiger partial charge in [-0.2, -0.15) is 0 Å². The van der Waals surface area contributed by atoms with Crippen LogP contribution in [0, 0.1) is 5.92 Å². The highest BCUT2D eigenvalue weighted by molar-refractivity contribution is 5.47. The number of nitrogens with zero attached hydrogens (tertiary/aromatic N) is 1. The van der Waals surface area contributed by atoms with Crippen LogP contribution in [0.2, 0.25) is 0 Å². The van der Waals surface area contributed by atoms with Crippen molar-refractivity contribution in [1.82, 2.24) is 0 Å². The predicted octanol–water partition coefficient (Wildman–Crippen LogP) is 2.70. The molecular weight excluding hydrogens is 158 g/mol. The van der Waals surface area contributed by atoms with Gasteiger partial charge in [0, 0.05) is 18.8 Å². The fourth-order valence-electron chi connectivity index (χ4n) is 1.85. The van der Waals surface area contributed by atoms with Gasteiger partial charge in [-0.15, -0.1) is 6.58 Å². The molecule has 2 rings (SSSR count). The second-order valence-electron chi connectivity index (χ2n) is 3.57. The molecule has 1 unspecified atom stereocenters. The van der Waals surface area contributed by atoms with Gasteiger partial charge >= 0.3 is 0 Å². The summed E-state index contributed by atoms with van der Waals surface area (Å²) in [7, 11) is 0. The first-order chi connectivity index (χ1) is 6.40. The van der Waals surface area contributed by atoms with E-state index in [1.165, 1.54) is 18.7 Å². The average Bonchev–Trinajstić information content (AvgIpc) is 2.67. The molecule has 0 amide bonds. The van der Waals surface area contributed by atoms with E-state index in [2.05, 4.69) is 47.9 Å². The first-order valence-electron chi connectivity index (χ1n) is 4.82. The summed E-state index contributed by atoms with van der Waals surface area (Å²) in [5.41, 5.74) is 1.34. The zero-order chi connectivity index (χ0) is 9.10. The molecule has 0 radical (unpaired) electrons. The number of para-hydroxylation sites is 1. The molecule has 1 atom stereocenters. The lowest BCUT2D eigenvalue weighted by Crippen LogP contribution is -2.18. The van der Waals surface area contributed by atoms with Crippen LogP contribution in [0.4, 0.5) is 5.69 Å². The topological polar surface area (TPSA) is 3.24 Å².